The molecule has 0 aromatic heterocycles. The van der Waals surface area contributed by atoms with Crippen molar-refractivity contribution in [2.45, 2.75) is 18.6 Å². The summed E-state index contributed by atoms with van der Waals surface area (Å²) in [6.45, 7) is 0. The predicted octanol–water partition coefficient (Wildman–Crippen LogP) is 2.29. The fourth-order valence-electron chi connectivity index (χ4n) is 1.53. The van der Waals surface area contributed by atoms with Gasteiger partial charge in [0, 0.05) is 18.2 Å². The summed E-state index contributed by atoms with van der Waals surface area (Å²) >= 11 is 0. The zero-order valence-electron chi connectivity index (χ0n) is 7.10. The van der Waals surface area contributed by atoms with Crippen LogP contribution in [-0.2, 0) is 6.42 Å². The molecule has 2 nitrogen and oxygen atoms in total. The largest absolute Gasteiger partial charge is 0.508 e. The van der Waals surface area contributed by atoms with Crippen molar-refractivity contribution in [2.24, 2.45) is 0 Å². The van der Waals surface area contributed by atoms with E-state index in [-0.39, 0.29) is 12.2 Å². The fourth-order valence-corrected chi connectivity index (χ4v) is 1.53. The third-order valence-electron chi connectivity index (χ3n) is 2.24. The van der Waals surface area contributed by atoms with Crippen LogP contribution in [0.3, 0.4) is 0 Å². The second-order valence-corrected chi connectivity index (χ2v) is 3.28. The number of benzene rings is 1. The normalized spacial score (nSPS) is 20.4. The van der Waals surface area contributed by atoms with E-state index in [1.165, 1.54) is 18.2 Å². The lowest BCUT2D eigenvalue weighted by atomic mass is 10.1. The number of nitrogens with one attached hydrogen (secondary N) is 1. The number of hydrogen-bond acceptors (Lipinski definition) is 2. The first-order valence-corrected chi connectivity index (χ1v) is 4.12. The molecule has 5 heteroatoms. The van der Waals surface area contributed by atoms with E-state index < -0.39 is 12.2 Å². The maximum Gasteiger partial charge on any atom is 0.408 e. The molecule has 1 heterocycles. The molecule has 0 amide bonds. The van der Waals surface area contributed by atoms with E-state index in [0.717, 1.165) is 0 Å². The number of fused-ring (bicyclic) bond motifs is 1. The third kappa shape index (κ3) is 1.49. The number of hydrogen-bond donors (Lipinski definition) is 2. The maximum atomic E-state index is 12.3. The second-order valence-electron chi connectivity index (χ2n) is 3.28. The topological polar surface area (TPSA) is 32.3 Å². The molecule has 0 bridgehead atoms. The van der Waals surface area contributed by atoms with Gasteiger partial charge in [0.05, 0.1) is 0 Å². The first-order chi connectivity index (χ1) is 6.47. The summed E-state index contributed by atoms with van der Waals surface area (Å²) in [4.78, 5) is 0. The van der Waals surface area contributed by atoms with Gasteiger partial charge in [0.15, 0.2) is 0 Å². The Labute approximate surface area is 78.4 Å². The van der Waals surface area contributed by atoms with Crippen molar-refractivity contribution >= 4 is 5.69 Å². The summed E-state index contributed by atoms with van der Waals surface area (Å²) in [5.74, 6) is -0.0286. The predicted molar refractivity (Wildman–Crippen MR) is 45.3 cm³/mol. The number of phenolic OH excluding ortho intramolecular Hbond substituents is 1. The lowest BCUT2D eigenvalue weighted by Crippen LogP contribution is -2.34. The highest BCUT2D eigenvalue weighted by molar-refractivity contribution is 5.60. The molecule has 0 aliphatic carbocycles. The molecule has 14 heavy (non-hydrogen) atoms. The molecule has 1 aromatic carbocycles. The molecule has 1 atom stereocenters. The van der Waals surface area contributed by atoms with Crippen molar-refractivity contribution in [3.8, 4) is 5.75 Å². The smallest absolute Gasteiger partial charge is 0.408 e. The summed E-state index contributed by atoms with van der Waals surface area (Å²) in [6, 6.07) is 2.67. The van der Waals surface area contributed by atoms with Gasteiger partial charge in [0.1, 0.15) is 11.8 Å². The Bertz CT molecular complexity index is 362. The van der Waals surface area contributed by atoms with Crippen LogP contribution in [0.5, 0.6) is 5.75 Å². The van der Waals surface area contributed by atoms with Crippen molar-refractivity contribution in [1.82, 2.24) is 0 Å². The molecular formula is C9H8F3NO. The third-order valence-corrected chi connectivity index (χ3v) is 2.24. The molecular weight excluding hydrogens is 195 g/mol. The molecule has 1 aliphatic heterocycles. The average molecular weight is 203 g/mol. The first-order valence-electron chi connectivity index (χ1n) is 4.12. The van der Waals surface area contributed by atoms with Crippen LogP contribution in [0.25, 0.3) is 0 Å². The molecule has 2 N–H and O–H groups in total. The molecule has 0 spiro atoms. The molecule has 1 aromatic rings. The van der Waals surface area contributed by atoms with E-state index in [1.54, 1.807) is 0 Å². The van der Waals surface area contributed by atoms with E-state index >= 15 is 0 Å². The van der Waals surface area contributed by atoms with Crippen molar-refractivity contribution in [3.05, 3.63) is 23.8 Å². The zero-order valence-corrected chi connectivity index (χ0v) is 7.10. The Morgan fingerprint density at radius 1 is 1.36 bits per heavy atom. The van der Waals surface area contributed by atoms with Crippen molar-refractivity contribution < 1.29 is 18.3 Å². The molecule has 76 valence electrons. The first kappa shape index (κ1) is 9.18. The summed E-state index contributed by atoms with van der Waals surface area (Å²) in [7, 11) is 0. The molecule has 0 unspecified atom stereocenters. The van der Waals surface area contributed by atoms with Crippen LogP contribution in [-0.4, -0.2) is 17.3 Å². The SMILES string of the molecule is Oc1ccc2c(c1)N[C@@H](C(F)(F)F)C2. The van der Waals surface area contributed by atoms with Crippen LogP contribution in [0, 0.1) is 0 Å². The molecule has 1 aliphatic rings. The van der Waals surface area contributed by atoms with Gasteiger partial charge in [0.2, 0.25) is 0 Å². The van der Waals surface area contributed by atoms with Gasteiger partial charge < -0.3 is 10.4 Å². The van der Waals surface area contributed by atoms with Crippen molar-refractivity contribution in [2.75, 3.05) is 5.32 Å². The highest BCUT2D eigenvalue weighted by Gasteiger charge is 2.42. The highest BCUT2D eigenvalue weighted by Crippen LogP contribution is 2.35. The van der Waals surface area contributed by atoms with Gasteiger partial charge in [-0.05, 0) is 11.6 Å². The Balaban J connectivity index is 2.26. The van der Waals surface area contributed by atoms with Crippen LogP contribution >= 0.6 is 0 Å². The number of phenols is 1. The van der Waals surface area contributed by atoms with Gasteiger partial charge in [-0.25, -0.2) is 0 Å². The van der Waals surface area contributed by atoms with E-state index in [2.05, 4.69) is 5.32 Å². The number of rotatable bonds is 0. The fraction of sp³-hybridized carbons (Fsp3) is 0.333. The Kier molecular flexibility index (Phi) is 1.83. The summed E-state index contributed by atoms with van der Waals surface area (Å²) in [5, 5.41) is 11.4. The van der Waals surface area contributed by atoms with Crippen molar-refractivity contribution in [1.29, 1.82) is 0 Å². The lowest BCUT2D eigenvalue weighted by Gasteiger charge is -2.14. The van der Waals surface area contributed by atoms with Gasteiger partial charge in [-0.2, -0.15) is 13.2 Å². The Morgan fingerprint density at radius 2 is 2.07 bits per heavy atom. The molecule has 0 radical (unpaired) electrons. The minimum atomic E-state index is -4.24. The minimum absolute atomic E-state index is 0.0286. The standard InChI is InChI=1S/C9H8F3NO/c10-9(11,12)8-3-5-1-2-6(14)4-7(5)13-8/h1-2,4,8,13-14H,3H2/t8-/m1/s1. The molecule has 0 saturated carbocycles. The highest BCUT2D eigenvalue weighted by atomic mass is 19.4. The van der Waals surface area contributed by atoms with Crippen molar-refractivity contribution in [3.63, 3.8) is 0 Å². The summed E-state index contributed by atoms with van der Waals surface area (Å²) in [6.07, 6.45) is -4.31. The number of halogens is 3. The molecule has 0 saturated heterocycles. The number of alkyl halides is 3. The van der Waals surface area contributed by atoms with Gasteiger partial charge in [-0.3, -0.25) is 0 Å². The van der Waals surface area contributed by atoms with Crippen LogP contribution in [0.2, 0.25) is 0 Å². The van der Waals surface area contributed by atoms with Gasteiger partial charge in [-0.15, -0.1) is 0 Å². The minimum Gasteiger partial charge on any atom is -0.508 e. The summed E-state index contributed by atoms with van der Waals surface area (Å²) < 4.78 is 36.9. The van der Waals surface area contributed by atoms with Crippen LogP contribution in [0.4, 0.5) is 18.9 Å². The van der Waals surface area contributed by atoms with E-state index in [9.17, 15) is 13.2 Å². The zero-order chi connectivity index (χ0) is 10.3. The monoisotopic (exact) mass is 203 g/mol. The quantitative estimate of drug-likeness (QED) is 0.678. The second kappa shape index (κ2) is 2.80. The van der Waals surface area contributed by atoms with E-state index in [4.69, 9.17) is 5.11 Å². The molecule has 0 fully saturated rings. The van der Waals surface area contributed by atoms with Gasteiger partial charge >= 0.3 is 6.18 Å². The van der Waals surface area contributed by atoms with Crippen LogP contribution in [0.1, 0.15) is 5.56 Å². The Morgan fingerprint density at radius 3 is 2.71 bits per heavy atom. The van der Waals surface area contributed by atoms with Gasteiger partial charge in [-0.1, -0.05) is 6.07 Å². The Hall–Kier alpha value is -1.39. The number of aromatic hydroxyl groups is 1. The summed E-state index contributed by atoms with van der Waals surface area (Å²) in [5.41, 5.74) is 0.956. The lowest BCUT2D eigenvalue weighted by molar-refractivity contribution is -0.140. The average Bonchev–Trinajstić information content (AvgIpc) is 2.45. The number of anilines is 1. The van der Waals surface area contributed by atoms with Crippen LogP contribution < -0.4 is 5.32 Å². The van der Waals surface area contributed by atoms with E-state index in [0.29, 0.717) is 11.3 Å². The van der Waals surface area contributed by atoms with Gasteiger partial charge in [0.25, 0.3) is 0 Å². The molecule has 2 rings (SSSR count). The maximum absolute atomic E-state index is 12.3. The van der Waals surface area contributed by atoms with Crippen LogP contribution in [0.15, 0.2) is 18.2 Å². The van der Waals surface area contributed by atoms with E-state index in [1.807, 2.05) is 0 Å².